The molecule has 0 fully saturated rings. The van der Waals surface area contributed by atoms with Crippen LogP contribution >= 0.6 is 23.1 Å². The van der Waals surface area contributed by atoms with Crippen molar-refractivity contribution in [3.8, 4) is 0 Å². The molecule has 1 heterocycles. The fourth-order valence-electron chi connectivity index (χ4n) is 2.35. The summed E-state index contributed by atoms with van der Waals surface area (Å²) in [5, 5.41) is 10.9. The van der Waals surface area contributed by atoms with Crippen molar-refractivity contribution in [2.75, 3.05) is 16.3 Å². The Morgan fingerprint density at radius 3 is 2.39 bits per heavy atom. The molecule has 28 heavy (non-hydrogen) atoms. The lowest BCUT2D eigenvalue weighted by Gasteiger charge is -2.12. The van der Waals surface area contributed by atoms with Crippen LogP contribution in [0.15, 0.2) is 51.7 Å². The second-order valence-corrected chi connectivity index (χ2v) is 9.69. The van der Waals surface area contributed by atoms with Crippen molar-refractivity contribution in [2.24, 2.45) is 0 Å². The number of anilines is 2. The predicted molar refractivity (Wildman–Crippen MR) is 113 cm³/mol. The smallest absolute Gasteiger partial charge is 0.261 e. The van der Waals surface area contributed by atoms with E-state index in [-0.39, 0.29) is 10.8 Å². The first-order valence-corrected chi connectivity index (χ1v) is 11.7. The molecule has 0 bridgehead atoms. The molecule has 1 amide bonds. The summed E-state index contributed by atoms with van der Waals surface area (Å²) in [5.41, 5.74) is 2.42. The molecule has 0 saturated carbocycles. The highest BCUT2D eigenvalue weighted by Gasteiger charge is 2.16. The average Bonchev–Trinajstić information content (AvgIpc) is 3.11. The van der Waals surface area contributed by atoms with E-state index < -0.39 is 10.0 Å². The molecule has 0 radical (unpaired) electrons. The van der Waals surface area contributed by atoms with Crippen LogP contribution < -0.4 is 10.0 Å². The van der Waals surface area contributed by atoms with E-state index in [1.165, 1.54) is 23.1 Å². The molecule has 0 aliphatic heterocycles. The Morgan fingerprint density at radius 1 is 1.07 bits per heavy atom. The number of aromatic nitrogens is 2. The van der Waals surface area contributed by atoms with Crippen LogP contribution in [0.25, 0.3) is 0 Å². The molecule has 10 heteroatoms. The standard InChI is InChI=1S/C18H18N4O3S3/c1-11-4-7-14(8-5-11)28(24,25)22-15-9-6-13(10-12(15)2)16(23)19-17-20-21-18(26-3)27-17/h4-10,22H,1-3H3,(H,19,20,23). The van der Waals surface area contributed by atoms with Crippen molar-refractivity contribution >= 4 is 49.8 Å². The molecule has 3 rings (SSSR count). The summed E-state index contributed by atoms with van der Waals surface area (Å²) in [4.78, 5) is 12.6. The number of rotatable bonds is 6. The van der Waals surface area contributed by atoms with Crippen molar-refractivity contribution in [3.05, 3.63) is 59.2 Å². The number of thioether (sulfide) groups is 1. The topological polar surface area (TPSA) is 101 Å². The van der Waals surface area contributed by atoms with E-state index in [4.69, 9.17) is 0 Å². The van der Waals surface area contributed by atoms with Crippen molar-refractivity contribution in [1.82, 2.24) is 10.2 Å². The first kappa shape index (κ1) is 20.3. The number of benzene rings is 2. The molecule has 2 N–H and O–H groups in total. The van der Waals surface area contributed by atoms with E-state index in [2.05, 4.69) is 20.2 Å². The van der Waals surface area contributed by atoms with Gasteiger partial charge in [0.15, 0.2) is 4.34 Å². The summed E-state index contributed by atoms with van der Waals surface area (Å²) in [6, 6.07) is 11.4. The Hall–Kier alpha value is -2.43. The molecule has 2 aromatic carbocycles. The van der Waals surface area contributed by atoms with Crippen molar-refractivity contribution in [2.45, 2.75) is 23.1 Å². The minimum Gasteiger partial charge on any atom is -0.296 e. The highest BCUT2D eigenvalue weighted by Crippen LogP contribution is 2.25. The van der Waals surface area contributed by atoms with Crippen LogP contribution in [0.5, 0.6) is 0 Å². The Balaban J connectivity index is 1.76. The Bertz CT molecular complexity index is 1110. The van der Waals surface area contributed by atoms with Gasteiger partial charge >= 0.3 is 0 Å². The number of carbonyl (C=O) groups excluding carboxylic acids is 1. The van der Waals surface area contributed by atoms with Gasteiger partial charge in [-0.05, 0) is 56.0 Å². The fourth-order valence-corrected chi connectivity index (χ4v) is 4.65. The van der Waals surface area contributed by atoms with Gasteiger partial charge in [-0.25, -0.2) is 8.42 Å². The number of sulfonamides is 1. The highest BCUT2D eigenvalue weighted by molar-refractivity contribution is 8.00. The summed E-state index contributed by atoms with van der Waals surface area (Å²) in [6.07, 6.45) is 1.88. The summed E-state index contributed by atoms with van der Waals surface area (Å²) in [6.45, 7) is 3.63. The van der Waals surface area contributed by atoms with Gasteiger partial charge in [0, 0.05) is 5.56 Å². The van der Waals surface area contributed by atoms with Gasteiger partial charge in [0.2, 0.25) is 5.13 Å². The van der Waals surface area contributed by atoms with Crippen molar-refractivity contribution in [3.63, 3.8) is 0 Å². The monoisotopic (exact) mass is 434 g/mol. The SMILES string of the molecule is CSc1nnc(NC(=O)c2ccc(NS(=O)(=O)c3ccc(C)cc3)c(C)c2)s1. The molecule has 0 unspecified atom stereocenters. The van der Waals surface area contributed by atoms with Crippen LogP contribution in [0.2, 0.25) is 0 Å². The quantitative estimate of drug-likeness (QED) is 0.450. The second kappa shape index (κ2) is 8.29. The number of aryl methyl sites for hydroxylation is 2. The lowest BCUT2D eigenvalue weighted by molar-refractivity contribution is 0.102. The fraction of sp³-hybridized carbons (Fsp3) is 0.167. The number of amides is 1. The van der Waals surface area contributed by atoms with E-state index in [1.54, 1.807) is 49.4 Å². The number of hydrogen-bond donors (Lipinski definition) is 2. The normalized spacial score (nSPS) is 11.2. The van der Waals surface area contributed by atoms with E-state index in [1.807, 2.05) is 13.2 Å². The van der Waals surface area contributed by atoms with Gasteiger partial charge in [0.05, 0.1) is 10.6 Å². The third-order valence-corrected chi connectivity index (χ3v) is 7.06. The first-order chi connectivity index (χ1) is 13.3. The zero-order chi connectivity index (χ0) is 20.3. The van der Waals surface area contributed by atoms with E-state index in [0.717, 1.165) is 9.90 Å². The minimum absolute atomic E-state index is 0.181. The summed E-state index contributed by atoms with van der Waals surface area (Å²) >= 11 is 2.74. The Kier molecular flexibility index (Phi) is 6.01. The van der Waals surface area contributed by atoms with Crippen LogP contribution in [0.4, 0.5) is 10.8 Å². The van der Waals surface area contributed by atoms with Crippen molar-refractivity contribution in [1.29, 1.82) is 0 Å². The molecule has 1 aromatic heterocycles. The molecule has 3 aromatic rings. The number of carbonyl (C=O) groups is 1. The van der Waals surface area contributed by atoms with Crippen molar-refractivity contribution < 1.29 is 13.2 Å². The average molecular weight is 435 g/mol. The van der Waals surface area contributed by atoms with Gasteiger partial charge in [0.1, 0.15) is 0 Å². The number of nitrogens with zero attached hydrogens (tertiary/aromatic N) is 2. The zero-order valence-corrected chi connectivity index (χ0v) is 17.8. The molecule has 146 valence electrons. The summed E-state index contributed by atoms with van der Waals surface area (Å²) in [5.74, 6) is -0.333. The summed E-state index contributed by atoms with van der Waals surface area (Å²) < 4.78 is 28.4. The Morgan fingerprint density at radius 2 is 1.79 bits per heavy atom. The van der Waals surface area contributed by atoms with E-state index in [0.29, 0.717) is 21.9 Å². The maximum Gasteiger partial charge on any atom is 0.261 e. The molecule has 0 aliphatic carbocycles. The maximum absolute atomic E-state index is 12.5. The maximum atomic E-state index is 12.5. The van der Waals surface area contributed by atoms with Crippen LogP contribution in [-0.2, 0) is 10.0 Å². The zero-order valence-electron chi connectivity index (χ0n) is 15.4. The van der Waals surface area contributed by atoms with E-state index >= 15 is 0 Å². The predicted octanol–water partition coefficient (Wildman–Crippen LogP) is 3.93. The molecular weight excluding hydrogens is 416 g/mol. The molecule has 0 aliphatic rings. The molecule has 0 atom stereocenters. The van der Waals surface area contributed by atoms with E-state index in [9.17, 15) is 13.2 Å². The minimum atomic E-state index is -3.70. The van der Waals surface area contributed by atoms with Gasteiger partial charge in [-0.3, -0.25) is 14.8 Å². The van der Waals surface area contributed by atoms with Gasteiger partial charge in [-0.2, -0.15) is 0 Å². The molecular formula is C18H18N4O3S3. The molecule has 7 nitrogen and oxygen atoms in total. The third kappa shape index (κ3) is 4.70. The van der Waals surface area contributed by atoms with Gasteiger partial charge in [-0.15, -0.1) is 10.2 Å². The second-order valence-electron chi connectivity index (χ2n) is 5.98. The molecule has 0 saturated heterocycles. The highest BCUT2D eigenvalue weighted by atomic mass is 32.2. The van der Waals surface area contributed by atoms with Crippen LogP contribution in [0.3, 0.4) is 0 Å². The van der Waals surface area contributed by atoms with Crippen LogP contribution in [-0.4, -0.2) is 30.8 Å². The largest absolute Gasteiger partial charge is 0.296 e. The van der Waals surface area contributed by atoms with Gasteiger partial charge in [0.25, 0.3) is 15.9 Å². The first-order valence-electron chi connectivity index (χ1n) is 8.17. The third-order valence-electron chi connectivity index (χ3n) is 3.87. The lowest BCUT2D eigenvalue weighted by atomic mass is 10.1. The number of nitrogens with one attached hydrogen (secondary N) is 2. The van der Waals surface area contributed by atoms with Crippen LogP contribution in [0, 0.1) is 13.8 Å². The number of hydrogen-bond acceptors (Lipinski definition) is 7. The Labute approximate surface area is 171 Å². The van der Waals surface area contributed by atoms with Gasteiger partial charge < -0.3 is 0 Å². The molecule has 0 spiro atoms. The lowest BCUT2D eigenvalue weighted by Crippen LogP contribution is -2.15. The van der Waals surface area contributed by atoms with Gasteiger partial charge in [-0.1, -0.05) is 40.8 Å². The van der Waals surface area contributed by atoms with Crippen LogP contribution in [0.1, 0.15) is 21.5 Å². The summed E-state index contributed by atoms with van der Waals surface area (Å²) in [7, 11) is -3.70.